The van der Waals surface area contributed by atoms with E-state index in [4.69, 9.17) is 4.52 Å². The van der Waals surface area contributed by atoms with E-state index in [0.29, 0.717) is 17.8 Å². The van der Waals surface area contributed by atoms with E-state index >= 15 is 0 Å². The second-order valence-electron chi connectivity index (χ2n) is 4.23. The van der Waals surface area contributed by atoms with Crippen LogP contribution >= 0.6 is 0 Å². The number of hydrogen-bond donors (Lipinski definition) is 1. The van der Waals surface area contributed by atoms with Gasteiger partial charge in [-0.25, -0.2) is 4.39 Å². The van der Waals surface area contributed by atoms with Crippen molar-refractivity contribution in [3.8, 4) is 17.2 Å². The molecule has 6 heteroatoms. The van der Waals surface area contributed by atoms with Crippen LogP contribution in [0.3, 0.4) is 0 Å². The fourth-order valence-electron chi connectivity index (χ4n) is 1.47. The molecule has 0 aliphatic rings. The molecular weight excluding hydrogens is 237 g/mol. The Kier molecular flexibility index (Phi) is 3.57. The smallest absolute Gasteiger partial charge is 0.261 e. The minimum absolute atomic E-state index is 0.196. The molecule has 0 atom stereocenters. The summed E-state index contributed by atoms with van der Waals surface area (Å²) in [4.78, 5) is 6.16. The largest absolute Gasteiger partial charge is 0.507 e. The van der Waals surface area contributed by atoms with Crippen LogP contribution in [0.1, 0.15) is 5.82 Å². The number of phenolic OH excluding ortho intramolecular Hbond substituents is 1. The molecule has 0 saturated carbocycles. The molecule has 5 nitrogen and oxygen atoms in total. The first kappa shape index (κ1) is 12.5. The molecule has 0 aliphatic carbocycles. The first-order valence-corrected chi connectivity index (χ1v) is 5.52. The Morgan fingerprint density at radius 2 is 2.17 bits per heavy atom. The molecule has 0 radical (unpaired) electrons. The fourth-order valence-corrected chi connectivity index (χ4v) is 1.47. The Balaban J connectivity index is 2.18. The molecule has 2 rings (SSSR count). The Labute approximate surface area is 104 Å². The molecule has 1 heterocycles. The third kappa shape index (κ3) is 2.84. The Morgan fingerprint density at radius 1 is 1.39 bits per heavy atom. The lowest BCUT2D eigenvalue weighted by Gasteiger charge is -2.05. The van der Waals surface area contributed by atoms with Gasteiger partial charge >= 0.3 is 0 Å². The van der Waals surface area contributed by atoms with Crippen molar-refractivity contribution >= 4 is 0 Å². The van der Waals surface area contributed by atoms with Crippen molar-refractivity contribution in [1.82, 2.24) is 15.0 Å². The minimum Gasteiger partial charge on any atom is -0.507 e. The third-order valence-corrected chi connectivity index (χ3v) is 2.44. The number of halogens is 1. The number of hydrogen-bond acceptors (Lipinski definition) is 5. The topological polar surface area (TPSA) is 62.4 Å². The van der Waals surface area contributed by atoms with Gasteiger partial charge in [-0.3, -0.25) is 0 Å². The number of benzene rings is 1. The van der Waals surface area contributed by atoms with Crippen LogP contribution in [0.4, 0.5) is 4.39 Å². The van der Waals surface area contributed by atoms with Crippen LogP contribution in [-0.2, 0) is 6.42 Å². The summed E-state index contributed by atoms with van der Waals surface area (Å²) in [6.07, 6.45) is 0.651. The Bertz CT molecular complexity index is 540. The zero-order chi connectivity index (χ0) is 13.1. The summed E-state index contributed by atoms with van der Waals surface area (Å²) >= 11 is 0. The molecule has 0 amide bonds. The summed E-state index contributed by atoms with van der Waals surface area (Å²) in [5.41, 5.74) is 0.333. The van der Waals surface area contributed by atoms with Gasteiger partial charge in [0.1, 0.15) is 11.6 Å². The molecule has 0 bridgehead atoms. The molecule has 18 heavy (non-hydrogen) atoms. The maximum Gasteiger partial charge on any atom is 0.261 e. The maximum absolute atomic E-state index is 12.8. The summed E-state index contributed by atoms with van der Waals surface area (Å²) in [6.45, 7) is 0.800. The molecule has 1 aromatic carbocycles. The fraction of sp³-hybridized carbons (Fsp3) is 0.333. The van der Waals surface area contributed by atoms with E-state index in [1.165, 1.54) is 12.1 Å². The van der Waals surface area contributed by atoms with Crippen molar-refractivity contribution in [3.63, 3.8) is 0 Å². The SMILES string of the molecule is CN(C)CCc1noc(-c2ccc(F)cc2O)n1. The van der Waals surface area contributed by atoms with E-state index < -0.39 is 5.82 Å². The predicted octanol–water partition coefficient (Wildman–Crippen LogP) is 1.69. The van der Waals surface area contributed by atoms with Gasteiger partial charge in [-0.05, 0) is 26.2 Å². The van der Waals surface area contributed by atoms with Crippen LogP contribution in [0.15, 0.2) is 22.7 Å². The van der Waals surface area contributed by atoms with Crippen molar-refractivity contribution in [1.29, 1.82) is 0 Å². The van der Waals surface area contributed by atoms with Gasteiger partial charge in [0.25, 0.3) is 5.89 Å². The van der Waals surface area contributed by atoms with E-state index in [0.717, 1.165) is 12.6 Å². The van der Waals surface area contributed by atoms with Gasteiger partial charge in [0.15, 0.2) is 5.82 Å². The normalized spacial score (nSPS) is 11.1. The van der Waals surface area contributed by atoms with E-state index in [1.807, 2.05) is 19.0 Å². The van der Waals surface area contributed by atoms with Crippen molar-refractivity contribution in [3.05, 3.63) is 29.8 Å². The molecule has 96 valence electrons. The maximum atomic E-state index is 12.8. The molecule has 0 spiro atoms. The van der Waals surface area contributed by atoms with E-state index in [9.17, 15) is 9.50 Å². The van der Waals surface area contributed by atoms with Crippen LogP contribution in [0.5, 0.6) is 5.75 Å². The van der Waals surface area contributed by atoms with Crippen molar-refractivity contribution in [2.24, 2.45) is 0 Å². The molecule has 1 N–H and O–H groups in total. The van der Waals surface area contributed by atoms with Gasteiger partial charge in [-0.1, -0.05) is 5.16 Å². The highest BCUT2D eigenvalue weighted by atomic mass is 19.1. The van der Waals surface area contributed by atoms with E-state index in [1.54, 1.807) is 0 Å². The number of rotatable bonds is 4. The van der Waals surface area contributed by atoms with Gasteiger partial charge in [0, 0.05) is 19.0 Å². The van der Waals surface area contributed by atoms with Crippen LogP contribution in [0.25, 0.3) is 11.5 Å². The number of likely N-dealkylation sites (N-methyl/N-ethyl adjacent to an activating group) is 1. The number of aromatic hydroxyl groups is 1. The van der Waals surface area contributed by atoms with Crippen molar-refractivity contribution < 1.29 is 14.0 Å². The summed E-state index contributed by atoms with van der Waals surface area (Å²) in [6, 6.07) is 3.66. The zero-order valence-electron chi connectivity index (χ0n) is 10.2. The van der Waals surface area contributed by atoms with Gasteiger partial charge in [-0.15, -0.1) is 0 Å². The molecule has 0 aliphatic heterocycles. The molecule has 1 aromatic heterocycles. The van der Waals surface area contributed by atoms with Crippen LogP contribution in [0.2, 0.25) is 0 Å². The Morgan fingerprint density at radius 3 is 2.83 bits per heavy atom. The van der Waals surface area contributed by atoms with Gasteiger partial charge < -0.3 is 14.5 Å². The molecule has 0 fully saturated rings. The lowest BCUT2D eigenvalue weighted by Crippen LogP contribution is -2.15. The van der Waals surface area contributed by atoms with Crippen molar-refractivity contribution in [2.45, 2.75) is 6.42 Å². The summed E-state index contributed by atoms with van der Waals surface area (Å²) in [5, 5.41) is 13.4. The van der Waals surface area contributed by atoms with Crippen LogP contribution in [0, 0.1) is 5.82 Å². The average Bonchev–Trinajstić information content (AvgIpc) is 2.75. The minimum atomic E-state index is -0.511. The van der Waals surface area contributed by atoms with Crippen molar-refractivity contribution in [2.75, 3.05) is 20.6 Å². The van der Waals surface area contributed by atoms with Gasteiger partial charge in [0.2, 0.25) is 0 Å². The highest BCUT2D eigenvalue weighted by Crippen LogP contribution is 2.28. The van der Waals surface area contributed by atoms with Crippen LogP contribution in [-0.4, -0.2) is 40.8 Å². The summed E-state index contributed by atoms with van der Waals surface area (Å²) < 4.78 is 17.9. The highest BCUT2D eigenvalue weighted by molar-refractivity contribution is 5.61. The monoisotopic (exact) mass is 251 g/mol. The third-order valence-electron chi connectivity index (χ3n) is 2.44. The molecule has 0 saturated heterocycles. The Hall–Kier alpha value is -1.95. The number of phenols is 1. The lowest BCUT2D eigenvalue weighted by molar-refractivity contribution is 0.391. The second kappa shape index (κ2) is 5.14. The average molecular weight is 251 g/mol. The van der Waals surface area contributed by atoms with Gasteiger partial charge in [-0.2, -0.15) is 4.98 Å². The van der Waals surface area contributed by atoms with Gasteiger partial charge in [0.05, 0.1) is 5.56 Å². The summed E-state index contributed by atoms with van der Waals surface area (Å²) in [5.74, 6) is 0.0325. The second-order valence-corrected chi connectivity index (χ2v) is 4.23. The number of aromatic nitrogens is 2. The molecule has 0 unspecified atom stereocenters. The van der Waals surface area contributed by atoms with E-state index in [-0.39, 0.29) is 11.6 Å². The quantitative estimate of drug-likeness (QED) is 0.895. The molecule has 2 aromatic rings. The highest BCUT2D eigenvalue weighted by Gasteiger charge is 2.13. The first-order valence-electron chi connectivity index (χ1n) is 5.52. The van der Waals surface area contributed by atoms with E-state index in [2.05, 4.69) is 10.1 Å². The first-order chi connectivity index (χ1) is 8.56. The predicted molar refractivity (Wildman–Crippen MR) is 63.6 cm³/mol. The summed E-state index contributed by atoms with van der Waals surface area (Å²) in [7, 11) is 3.90. The molecular formula is C12H14FN3O2. The zero-order valence-corrected chi connectivity index (χ0v) is 10.2. The van der Waals surface area contributed by atoms with Crippen LogP contribution < -0.4 is 0 Å². The number of nitrogens with zero attached hydrogens (tertiary/aromatic N) is 3. The lowest BCUT2D eigenvalue weighted by atomic mass is 10.2. The standard InChI is InChI=1S/C12H14FN3O2/c1-16(2)6-5-11-14-12(18-15-11)9-4-3-8(13)7-10(9)17/h3-4,7,17H,5-6H2,1-2H3.